The van der Waals surface area contributed by atoms with Crippen LogP contribution >= 0.6 is 0 Å². The molecule has 0 aromatic rings. The first-order chi connectivity index (χ1) is 7.74. The summed E-state index contributed by atoms with van der Waals surface area (Å²) in [5, 5.41) is 14.0. The second-order valence-electron chi connectivity index (χ2n) is 3.97. The molecule has 4 N–H and O–H groups in total. The maximum atomic E-state index is 11.6. The number of hydrogen-bond acceptors (Lipinski definition) is 3. The van der Waals surface area contributed by atoms with Crippen molar-refractivity contribution in [1.82, 2.24) is 10.2 Å². The summed E-state index contributed by atoms with van der Waals surface area (Å²) in [7, 11) is 0. The van der Waals surface area contributed by atoms with Crippen molar-refractivity contribution < 1.29 is 10.0 Å². The molecule has 0 radical (unpaired) electrons. The van der Waals surface area contributed by atoms with Gasteiger partial charge in [0, 0.05) is 26.1 Å². The van der Waals surface area contributed by atoms with Crippen molar-refractivity contribution >= 4 is 11.9 Å². The van der Waals surface area contributed by atoms with Gasteiger partial charge in [0.1, 0.15) is 5.84 Å². The van der Waals surface area contributed by atoms with Crippen molar-refractivity contribution in [1.29, 1.82) is 0 Å². The number of nitrogens with one attached hydrogen (secondary N) is 1. The molecule has 1 heterocycles. The molecule has 0 atom stereocenters. The second-order valence-corrected chi connectivity index (χ2v) is 3.97. The van der Waals surface area contributed by atoms with Gasteiger partial charge in [0.05, 0.1) is 0 Å². The summed E-state index contributed by atoms with van der Waals surface area (Å²) in [4.78, 5) is 13.5. The van der Waals surface area contributed by atoms with Crippen LogP contribution in [0, 0.1) is 0 Å². The quantitative estimate of drug-likeness (QED) is 0.217. The highest BCUT2D eigenvalue weighted by molar-refractivity contribution is 5.79. The van der Waals surface area contributed by atoms with Gasteiger partial charge in [-0.25, -0.2) is 4.79 Å². The molecule has 92 valence electrons. The Kier molecular flexibility index (Phi) is 5.45. The molecule has 1 fully saturated rings. The molecule has 1 rings (SSSR count). The van der Waals surface area contributed by atoms with Crippen molar-refractivity contribution in [2.75, 3.05) is 19.6 Å². The summed E-state index contributed by atoms with van der Waals surface area (Å²) in [6.07, 6.45) is 4.59. The number of oxime groups is 1. The van der Waals surface area contributed by atoms with Crippen LogP contribution in [0.3, 0.4) is 0 Å². The molecule has 0 aromatic heterocycles. The van der Waals surface area contributed by atoms with Crippen LogP contribution in [0.15, 0.2) is 5.16 Å². The van der Waals surface area contributed by atoms with Gasteiger partial charge in [-0.3, -0.25) is 0 Å². The molecular weight excluding hydrogens is 208 g/mol. The number of hydrogen-bond donors (Lipinski definition) is 3. The van der Waals surface area contributed by atoms with Crippen molar-refractivity contribution in [3.63, 3.8) is 0 Å². The number of amides is 2. The summed E-state index contributed by atoms with van der Waals surface area (Å²) in [6.45, 7) is 2.27. The highest BCUT2D eigenvalue weighted by Gasteiger charge is 2.15. The third-order valence-electron chi connectivity index (χ3n) is 2.66. The Hall–Kier alpha value is -1.46. The molecule has 6 nitrogen and oxygen atoms in total. The van der Waals surface area contributed by atoms with Crippen molar-refractivity contribution in [3.05, 3.63) is 0 Å². The predicted molar refractivity (Wildman–Crippen MR) is 61.5 cm³/mol. The monoisotopic (exact) mass is 228 g/mol. The number of amidine groups is 1. The van der Waals surface area contributed by atoms with Crippen molar-refractivity contribution in [2.24, 2.45) is 10.9 Å². The van der Waals surface area contributed by atoms with Gasteiger partial charge in [0.2, 0.25) is 0 Å². The number of carbonyl (C=O) groups excluding carboxylic acids is 1. The summed E-state index contributed by atoms with van der Waals surface area (Å²) in [5.74, 6) is 0.201. The van der Waals surface area contributed by atoms with E-state index in [1.165, 1.54) is 6.42 Å². The Labute approximate surface area is 95.5 Å². The highest BCUT2D eigenvalue weighted by Crippen LogP contribution is 2.08. The number of nitrogens with zero attached hydrogens (tertiary/aromatic N) is 2. The molecule has 0 bridgehead atoms. The van der Waals surface area contributed by atoms with Gasteiger partial charge in [-0.05, 0) is 25.7 Å². The van der Waals surface area contributed by atoms with E-state index in [2.05, 4.69) is 10.5 Å². The van der Waals surface area contributed by atoms with E-state index in [1.54, 1.807) is 0 Å². The van der Waals surface area contributed by atoms with Gasteiger partial charge in [-0.15, -0.1) is 0 Å². The van der Waals surface area contributed by atoms with Crippen LogP contribution < -0.4 is 11.1 Å². The molecule has 2 amide bonds. The van der Waals surface area contributed by atoms with E-state index < -0.39 is 0 Å². The first-order valence-corrected chi connectivity index (χ1v) is 5.73. The molecule has 0 spiro atoms. The molecule has 1 aliphatic heterocycles. The second kappa shape index (κ2) is 6.92. The molecule has 1 saturated heterocycles. The van der Waals surface area contributed by atoms with Crippen molar-refractivity contribution in [2.45, 2.75) is 32.1 Å². The number of urea groups is 1. The fourth-order valence-corrected chi connectivity index (χ4v) is 1.72. The molecular formula is C10H20N4O2. The van der Waals surface area contributed by atoms with Crippen LogP contribution in [0.5, 0.6) is 0 Å². The zero-order chi connectivity index (χ0) is 11.8. The number of likely N-dealkylation sites (tertiary alicyclic amines) is 1. The van der Waals surface area contributed by atoms with E-state index in [1.807, 2.05) is 4.90 Å². The van der Waals surface area contributed by atoms with E-state index >= 15 is 0 Å². The lowest BCUT2D eigenvalue weighted by atomic mass is 10.1. The third kappa shape index (κ3) is 4.37. The largest absolute Gasteiger partial charge is 0.409 e. The number of nitrogens with two attached hydrogens (primary N) is 1. The fraction of sp³-hybridized carbons (Fsp3) is 0.800. The zero-order valence-corrected chi connectivity index (χ0v) is 9.48. The topological polar surface area (TPSA) is 91.0 Å². The van der Waals surface area contributed by atoms with Gasteiger partial charge < -0.3 is 21.2 Å². The van der Waals surface area contributed by atoms with E-state index in [0.29, 0.717) is 19.4 Å². The van der Waals surface area contributed by atoms with Crippen LogP contribution in [0.25, 0.3) is 0 Å². The Morgan fingerprint density at radius 2 is 2.06 bits per heavy atom. The SMILES string of the molecule is NC(CCCNC(=O)N1CCCCC1)=NO. The summed E-state index contributed by atoms with van der Waals surface area (Å²) in [6, 6.07) is -0.000733. The minimum atomic E-state index is -0.000733. The van der Waals surface area contributed by atoms with Crippen LogP contribution in [-0.4, -0.2) is 41.6 Å². The fourth-order valence-electron chi connectivity index (χ4n) is 1.72. The lowest BCUT2D eigenvalue weighted by Gasteiger charge is -2.26. The van der Waals surface area contributed by atoms with Crippen LogP contribution in [-0.2, 0) is 0 Å². The Morgan fingerprint density at radius 3 is 2.69 bits per heavy atom. The Bertz CT molecular complexity index is 249. The Balaban J connectivity index is 2.10. The summed E-state index contributed by atoms with van der Waals surface area (Å²) in [5.41, 5.74) is 5.31. The van der Waals surface area contributed by atoms with Crippen LogP contribution in [0.4, 0.5) is 4.79 Å². The van der Waals surface area contributed by atoms with Gasteiger partial charge in [-0.2, -0.15) is 0 Å². The lowest BCUT2D eigenvalue weighted by Crippen LogP contribution is -2.43. The molecule has 0 unspecified atom stereocenters. The molecule has 6 heteroatoms. The minimum Gasteiger partial charge on any atom is -0.409 e. The zero-order valence-electron chi connectivity index (χ0n) is 9.48. The van der Waals surface area contributed by atoms with Gasteiger partial charge >= 0.3 is 6.03 Å². The average molecular weight is 228 g/mol. The van der Waals surface area contributed by atoms with Gasteiger partial charge in [0.25, 0.3) is 0 Å². The highest BCUT2D eigenvalue weighted by atomic mass is 16.4. The van der Waals surface area contributed by atoms with Gasteiger partial charge in [0.15, 0.2) is 0 Å². The number of piperidine rings is 1. The minimum absolute atomic E-state index is 0.000733. The van der Waals surface area contributed by atoms with Crippen LogP contribution in [0.2, 0.25) is 0 Å². The molecule has 16 heavy (non-hydrogen) atoms. The van der Waals surface area contributed by atoms with E-state index in [4.69, 9.17) is 10.9 Å². The normalized spacial score (nSPS) is 17.2. The van der Waals surface area contributed by atoms with Gasteiger partial charge in [-0.1, -0.05) is 5.16 Å². The predicted octanol–water partition coefficient (Wildman–Crippen LogP) is 0.708. The van der Waals surface area contributed by atoms with Crippen molar-refractivity contribution in [3.8, 4) is 0 Å². The maximum Gasteiger partial charge on any atom is 0.317 e. The van der Waals surface area contributed by atoms with E-state index in [0.717, 1.165) is 25.9 Å². The average Bonchev–Trinajstić information content (AvgIpc) is 2.35. The third-order valence-corrected chi connectivity index (χ3v) is 2.66. The first kappa shape index (κ1) is 12.6. The molecule has 0 aliphatic carbocycles. The number of carbonyl (C=O) groups is 1. The molecule has 0 saturated carbocycles. The molecule has 1 aliphatic rings. The smallest absolute Gasteiger partial charge is 0.317 e. The summed E-state index contributed by atoms with van der Waals surface area (Å²) >= 11 is 0. The Morgan fingerprint density at radius 1 is 1.38 bits per heavy atom. The van der Waals surface area contributed by atoms with E-state index in [-0.39, 0.29) is 11.9 Å². The molecule has 0 aromatic carbocycles. The first-order valence-electron chi connectivity index (χ1n) is 5.73. The standard InChI is InChI=1S/C10H20N4O2/c11-9(13-16)5-4-6-12-10(15)14-7-2-1-3-8-14/h16H,1-8H2,(H2,11,13)(H,12,15). The maximum absolute atomic E-state index is 11.6. The lowest BCUT2D eigenvalue weighted by molar-refractivity contribution is 0.186. The summed E-state index contributed by atoms with van der Waals surface area (Å²) < 4.78 is 0. The van der Waals surface area contributed by atoms with Crippen LogP contribution in [0.1, 0.15) is 32.1 Å². The van der Waals surface area contributed by atoms with E-state index in [9.17, 15) is 4.79 Å². The number of rotatable bonds is 4.